The Morgan fingerprint density at radius 2 is 2.00 bits per heavy atom. The third kappa shape index (κ3) is 2.47. The lowest BCUT2D eigenvalue weighted by atomic mass is 10.0. The summed E-state index contributed by atoms with van der Waals surface area (Å²) in [4.78, 5) is 11.1. The zero-order valence-corrected chi connectivity index (χ0v) is 10.6. The summed E-state index contributed by atoms with van der Waals surface area (Å²) in [6, 6.07) is 1.67. The van der Waals surface area contributed by atoms with Gasteiger partial charge in [-0.1, -0.05) is 11.6 Å². The van der Waals surface area contributed by atoms with Crippen molar-refractivity contribution in [3.8, 4) is 5.75 Å². The quantitative estimate of drug-likeness (QED) is 0.883. The van der Waals surface area contributed by atoms with E-state index in [0.717, 1.165) is 5.56 Å². The van der Waals surface area contributed by atoms with Crippen LogP contribution in [0, 0.1) is 13.8 Å². The maximum absolute atomic E-state index is 11.1. The summed E-state index contributed by atoms with van der Waals surface area (Å²) in [6.07, 6.45) is -0.0712. The van der Waals surface area contributed by atoms with Gasteiger partial charge >= 0.3 is 5.97 Å². The largest absolute Gasteiger partial charge is 0.490 e. The molecule has 0 aromatic heterocycles. The summed E-state index contributed by atoms with van der Waals surface area (Å²) in [7, 11) is 0. The van der Waals surface area contributed by atoms with Crippen molar-refractivity contribution in [1.82, 2.24) is 0 Å². The molecule has 1 N–H and O–H groups in total. The molecule has 0 saturated heterocycles. The number of ether oxygens (including phenoxy) is 1. The molecule has 0 amide bonds. The third-order valence-corrected chi connectivity index (χ3v) is 2.80. The van der Waals surface area contributed by atoms with Crippen molar-refractivity contribution in [1.29, 1.82) is 0 Å². The summed E-state index contributed by atoms with van der Waals surface area (Å²) in [5.74, 6) is -0.642. The lowest BCUT2D eigenvalue weighted by Gasteiger charge is -2.16. The van der Waals surface area contributed by atoms with Crippen molar-refractivity contribution < 1.29 is 14.6 Å². The number of carbonyl (C=O) groups is 1. The molecule has 0 bridgehead atoms. The van der Waals surface area contributed by atoms with E-state index in [-0.39, 0.29) is 11.7 Å². The predicted octanol–water partition coefficient (Wildman–Crippen LogP) is 3.44. The Labute approximate surface area is 100.0 Å². The minimum atomic E-state index is -1.02. The van der Waals surface area contributed by atoms with Crippen LogP contribution in [0.3, 0.4) is 0 Å². The predicted molar refractivity (Wildman–Crippen MR) is 63.6 cm³/mol. The molecule has 0 aliphatic carbocycles. The van der Waals surface area contributed by atoms with Gasteiger partial charge < -0.3 is 9.84 Å². The number of hydrogen-bond acceptors (Lipinski definition) is 2. The zero-order chi connectivity index (χ0) is 12.5. The number of benzene rings is 1. The molecule has 0 fully saturated rings. The SMILES string of the molecule is Cc1cc(OC(C)C)c(C(=O)O)c(C)c1Cl. The summed E-state index contributed by atoms with van der Waals surface area (Å²) in [5, 5.41) is 9.62. The highest BCUT2D eigenvalue weighted by Crippen LogP contribution is 2.32. The van der Waals surface area contributed by atoms with Gasteiger partial charge in [0, 0.05) is 5.02 Å². The molecule has 0 aliphatic heterocycles. The molecular weight excluding hydrogens is 228 g/mol. The highest BCUT2D eigenvalue weighted by molar-refractivity contribution is 6.32. The maximum atomic E-state index is 11.1. The van der Waals surface area contributed by atoms with E-state index in [0.29, 0.717) is 16.3 Å². The van der Waals surface area contributed by atoms with Crippen molar-refractivity contribution in [2.45, 2.75) is 33.8 Å². The average molecular weight is 243 g/mol. The standard InChI is InChI=1S/C12H15ClO3/c1-6(2)16-9-5-7(3)11(13)8(4)10(9)12(14)15/h5-6H,1-4H3,(H,14,15). The lowest BCUT2D eigenvalue weighted by Crippen LogP contribution is -2.12. The topological polar surface area (TPSA) is 46.5 Å². The smallest absolute Gasteiger partial charge is 0.339 e. The van der Waals surface area contributed by atoms with Crippen molar-refractivity contribution >= 4 is 17.6 Å². The fourth-order valence-corrected chi connectivity index (χ4v) is 1.68. The highest BCUT2D eigenvalue weighted by Gasteiger charge is 2.19. The first-order valence-electron chi connectivity index (χ1n) is 5.04. The summed E-state index contributed by atoms with van der Waals surface area (Å²) < 4.78 is 5.48. The van der Waals surface area contributed by atoms with Crippen LogP contribution in [0.15, 0.2) is 6.07 Å². The normalized spacial score (nSPS) is 10.6. The molecular formula is C12H15ClO3. The molecule has 1 aromatic rings. The molecule has 0 spiro atoms. The van der Waals surface area contributed by atoms with E-state index < -0.39 is 5.97 Å². The molecule has 16 heavy (non-hydrogen) atoms. The number of carboxylic acids is 1. The van der Waals surface area contributed by atoms with Gasteiger partial charge in [-0.15, -0.1) is 0 Å². The van der Waals surface area contributed by atoms with Gasteiger partial charge in [0.05, 0.1) is 6.10 Å². The molecule has 4 heteroatoms. The minimum absolute atomic E-state index is 0.0712. The second kappa shape index (κ2) is 4.74. The Kier molecular flexibility index (Phi) is 3.81. The number of aryl methyl sites for hydroxylation is 1. The second-order valence-electron chi connectivity index (χ2n) is 3.98. The molecule has 3 nitrogen and oxygen atoms in total. The average Bonchev–Trinajstić information content (AvgIpc) is 2.12. The van der Waals surface area contributed by atoms with Gasteiger partial charge in [-0.3, -0.25) is 0 Å². The monoisotopic (exact) mass is 242 g/mol. The van der Waals surface area contributed by atoms with Crippen molar-refractivity contribution in [3.63, 3.8) is 0 Å². The minimum Gasteiger partial charge on any atom is -0.490 e. The summed E-state index contributed by atoms with van der Waals surface area (Å²) in [5.41, 5.74) is 1.51. The van der Waals surface area contributed by atoms with Gasteiger partial charge in [0.2, 0.25) is 0 Å². The first kappa shape index (κ1) is 12.8. The van der Waals surface area contributed by atoms with E-state index in [4.69, 9.17) is 21.4 Å². The Balaban J connectivity index is 3.41. The van der Waals surface area contributed by atoms with Crippen LogP contribution in [0.25, 0.3) is 0 Å². The van der Waals surface area contributed by atoms with Crippen LogP contribution < -0.4 is 4.74 Å². The highest BCUT2D eigenvalue weighted by atomic mass is 35.5. The third-order valence-electron chi connectivity index (χ3n) is 2.22. The fraction of sp³-hybridized carbons (Fsp3) is 0.417. The van der Waals surface area contributed by atoms with E-state index in [1.54, 1.807) is 13.0 Å². The second-order valence-corrected chi connectivity index (χ2v) is 4.36. The number of hydrogen-bond donors (Lipinski definition) is 1. The van der Waals surface area contributed by atoms with Gasteiger partial charge in [0.1, 0.15) is 11.3 Å². The Hall–Kier alpha value is -1.22. The molecule has 0 atom stereocenters. The Morgan fingerprint density at radius 1 is 1.44 bits per heavy atom. The van der Waals surface area contributed by atoms with Crippen LogP contribution in [0.5, 0.6) is 5.75 Å². The van der Waals surface area contributed by atoms with Gasteiger partial charge in [-0.05, 0) is 44.9 Å². The summed E-state index contributed by atoms with van der Waals surface area (Å²) >= 11 is 6.02. The Bertz CT molecular complexity index is 425. The number of rotatable bonds is 3. The van der Waals surface area contributed by atoms with E-state index >= 15 is 0 Å². The maximum Gasteiger partial charge on any atom is 0.339 e. The van der Waals surface area contributed by atoms with E-state index in [1.165, 1.54) is 0 Å². The molecule has 1 rings (SSSR count). The first-order chi connectivity index (χ1) is 7.34. The molecule has 0 unspecified atom stereocenters. The molecule has 0 saturated carbocycles. The molecule has 1 aromatic carbocycles. The van der Waals surface area contributed by atoms with Crippen LogP contribution in [0.1, 0.15) is 35.3 Å². The van der Waals surface area contributed by atoms with Gasteiger partial charge in [0.25, 0.3) is 0 Å². The lowest BCUT2D eigenvalue weighted by molar-refractivity contribution is 0.0689. The van der Waals surface area contributed by atoms with Crippen LogP contribution >= 0.6 is 11.6 Å². The Morgan fingerprint density at radius 3 is 2.44 bits per heavy atom. The van der Waals surface area contributed by atoms with Crippen molar-refractivity contribution in [3.05, 3.63) is 27.8 Å². The van der Waals surface area contributed by atoms with E-state index in [2.05, 4.69) is 0 Å². The van der Waals surface area contributed by atoms with Crippen molar-refractivity contribution in [2.75, 3.05) is 0 Å². The number of halogens is 1. The van der Waals surface area contributed by atoms with Crippen LogP contribution in [0.4, 0.5) is 0 Å². The van der Waals surface area contributed by atoms with Crippen LogP contribution in [-0.2, 0) is 0 Å². The van der Waals surface area contributed by atoms with E-state index in [9.17, 15) is 4.79 Å². The fourth-order valence-electron chi connectivity index (χ4n) is 1.54. The van der Waals surface area contributed by atoms with Gasteiger partial charge in [0.15, 0.2) is 0 Å². The molecule has 0 heterocycles. The molecule has 88 valence electrons. The van der Waals surface area contributed by atoms with Gasteiger partial charge in [-0.25, -0.2) is 4.79 Å². The first-order valence-corrected chi connectivity index (χ1v) is 5.42. The van der Waals surface area contributed by atoms with Crippen LogP contribution in [0.2, 0.25) is 5.02 Å². The summed E-state index contributed by atoms with van der Waals surface area (Å²) in [6.45, 7) is 7.22. The van der Waals surface area contributed by atoms with Gasteiger partial charge in [-0.2, -0.15) is 0 Å². The number of carboxylic acid groups (broad SMARTS) is 1. The molecule has 0 radical (unpaired) electrons. The number of aromatic carboxylic acids is 1. The van der Waals surface area contributed by atoms with E-state index in [1.807, 2.05) is 20.8 Å². The van der Waals surface area contributed by atoms with Crippen LogP contribution in [-0.4, -0.2) is 17.2 Å². The van der Waals surface area contributed by atoms with Crippen molar-refractivity contribution in [2.24, 2.45) is 0 Å². The zero-order valence-electron chi connectivity index (χ0n) is 9.80. The molecule has 0 aliphatic rings.